The Hall–Kier alpha value is -3.01. The van der Waals surface area contributed by atoms with Crippen LogP contribution >= 0.6 is 0 Å². The van der Waals surface area contributed by atoms with E-state index in [2.05, 4.69) is 10.2 Å². The molecule has 5 N–H and O–H groups in total. The summed E-state index contributed by atoms with van der Waals surface area (Å²) < 4.78 is 32.4. The Bertz CT molecular complexity index is 1110. The normalized spacial score (nSPS) is 11.6. The van der Waals surface area contributed by atoms with Gasteiger partial charge in [0.05, 0.1) is 0 Å². The lowest BCUT2D eigenvalue weighted by molar-refractivity contribution is 0.468. The second-order valence-corrected chi connectivity index (χ2v) is 6.85. The Kier molecular flexibility index (Phi) is 5.26. The fraction of sp³-hybridized carbons (Fsp3) is 0.0588. The Labute approximate surface area is 149 Å². The van der Waals surface area contributed by atoms with Crippen LogP contribution in [0.5, 0.6) is 11.5 Å². The van der Waals surface area contributed by atoms with E-state index in [1.807, 2.05) is 6.92 Å². The fourth-order valence-corrected chi connectivity index (χ4v) is 3.17. The lowest BCUT2D eigenvalue weighted by atomic mass is 10.1. The highest BCUT2D eigenvalue weighted by molar-refractivity contribution is 7.86. The van der Waals surface area contributed by atoms with Crippen LogP contribution < -0.4 is 0 Å². The van der Waals surface area contributed by atoms with Gasteiger partial charge >= 0.3 is 0 Å². The number of fused-ring (bicyclic) bond motifs is 1. The van der Waals surface area contributed by atoms with E-state index in [1.165, 1.54) is 12.1 Å². The van der Waals surface area contributed by atoms with Gasteiger partial charge in [0.2, 0.25) is 0 Å². The van der Waals surface area contributed by atoms with Crippen LogP contribution in [0.1, 0.15) is 5.56 Å². The molecule has 26 heavy (non-hydrogen) atoms. The summed E-state index contributed by atoms with van der Waals surface area (Å²) in [6.45, 7) is 1.83. The first-order chi connectivity index (χ1) is 11.8. The number of hydrogen-bond donors (Lipinski definition) is 3. The lowest BCUT2D eigenvalue weighted by Gasteiger charge is -2.08. The first-order valence-corrected chi connectivity index (χ1v) is 8.65. The summed E-state index contributed by atoms with van der Waals surface area (Å²) in [5.41, 5.74) is 1.11. The zero-order chi connectivity index (χ0) is 18.2. The molecule has 0 aromatic heterocycles. The molecule has 0 bridgehead atoms. The van der Waals surface area contributed by atoms with Crippen LogP contribution in [0.2, 0.25) is 0 Å². The van der Waals surface area contributed by atoms with E-state index >= 15 is 0 Å². The van der Waals surface area contributed by atoms with E-state index in [0.29, 0.717) is 5.39 Å². The Balaban J connectivity index is 0.00000243. The van der Waals surface area contributed by atoms with Gasteiger partial charge in [-0.2, -0.15) is 8.42 Å². The van der Waals surface area contributed by atoms with Gasteiger partial charge in [0.15, 0.2) is 0 Å². The Morgan fingerprint density at radius 3 is 2.19 bits per heavy atom. The summed E-state index contributed by atoms with van der Waals surface area (Å²) in [6.07, 6.45) is 0. The molecule has 0 spiro atoms. The van der Waals surface area contributed by atoms with Crippen LogP contribution in [0.4, 0.5) is 11.4 Å². The van der Waals surface area contributed by atoms with Crippen molar-refractivity contribution in [1.29, 1.82) is 0 Å². The van der Waals surface area contributed by atoms with Gasteiger partial charge in [-0.3, -0.25) is 4.55 Å². The molecule has 0 amide bonds. The number of benzene rings is 3. The smallest absolute Gasteiger partial charge is 0.295 e. The Morgan fingerprint density at radius 1 is 0.885 bits per heavy atom. The molecular weight excluding hydrogens is 360 g/mol. The van der Waals surface area contributed by atoms with Gasteiger partial charge in [0, 0.05) is 16.8 Å². The van der Waals surface area contributed by atoms with Crippen molar-refractivity contribution in [3.05, 3.63) is 54.1 Å². The van der Waals surface area contributed by atoms with Crippen molar-refractivity contribution in [1.82, 2.24) is 0 Å². The Morgan fingerprint density at radius 2 is 1.54 bits per heavy atom. The van der Waals surface area contributed by atoms with Crippen LogP contribution in [-0.4, -0.2) is 28.7 Å². The molecule has 136 valence electrons. The molecule has 0 unspecified atom stereocenters. The van der Waals surface area contributed by atoms with Gasteiger partial charge < -0.3 is 15.7 Å². The van der Waals surface area contributed by atoms with E-state index in [4.69, 9.17) is 0 Å². The van der Waals surface area contributed by atoms with Crippen LogP contribution in [-0.2, 0) is 10.1 Å². The number of aromatic hydroxyl groups is 2. The third-order valence-corrected chi connectivity index (χ3v) is 4.52. The van der Waals surface area contributed by atoms with E-state index in [0.717, 1.165) is 11.6 Å². The number of phenols is 2. The molecule has 0 atom stereocenters. The summed E-state index contributed by atoms with van der Waals surface area (Å²) in [7, 11) is -4.52. The van der Waals surface area contributed by atoms with Gasteiger partial charge in [-0.25, -0.2) is 0 Å². The standard InChI is InChI=1S/C17H14N2O5S.H2O/c1-10-6-7-14(20)13(8-10)18-19-17-12-5-3-2-4-11(12)16(9-15(17)21)25(22,23)24;/h2-9,20-21H,1H3,(H,22,23,24);1H2/b19-18+;. The number of azo groups is 1. The predicted molar refractivity (Wildman–Crippen MR) is 96.1 cm³/mol. The SMILES string of the molecule is Cc1ccc(O)c(/N=N/c2c(O)cc(S(=O)(=O)O)c3ccccc23)c1.O. The molecule has 0 radical (unpaired) electrons. The van der Waals surface area contributed by atoms with Crippen LogP contribution in [0.25, 0.3) is 10.8 Å². The molecule has 0 aliphatic carbocycles. The van der Waals surface area contributed by atoms with Gasteiger partial charge in [-0.15, -0.1) is 10.2 Å². The largest absolute Gasteiger partial charge is 0.506 e. The molecule has 0 fully saturated rings. The van der Waals surface area contributed by atoms with Crippen LogP contribution in [0.15, 0.2) is 63.7 Å². The average Bonchev–Trinajstić information content (AvgIpc) is 2.55. The molecule has 0 saturated carbocycles. The topological polar surface area (TPSA) is 151 Å². The first-order valence-electron chi connectivity index (χ1n) is 7.21. The van der Waals surface area contributed by atoms with Crippen molar-refractivity contribution in [2.45, 2.75) is 11.8 Å². The second-order valence-electron chi connectivity index (χ2n) is 5.46. The zero-order valence-corrected chi connectivity index (χ0v) is 14.4. The molecule has 0 aliphatic heterocycles. The molecule has 3 aromatic carbocycles. The average molecular weight is 376 g/mol. The van der Waals surface area contributed by atoms with E-state index in [9.17, 15) is 23.2 Å². The molecule has 9 heteroatoms. The van der Waals surface area contributed by atoms with Crippen molar-refractivity contribution in [2.24, 2.45) is 10.2 Å². The number of nitrogens with zero attached hydrogens (tertiary/aromatic N) is 2. The van der Waals surface area contributed by atoms with Crippen LogP contribution in [0.3, 0.4) is 0 Å². The van der Waals surface area contributed by atoms with Crippen LogP contribution in [0, 0.1) is 6.92 Å². The maximum absolute atomic E-state index is 11.5. The monoisotopic (exact) mass is 376 g/mol. The highest BCUT2D eigenvalue weighted by Gasteiger charge is 2.19. The number of aryl methyl sites for hydroxylation is 1. The van der Waals surface area contributed by atoms with Gasteiger partial charge in [0.25, 0.3) is 10.1 Å². The zero-order valence-electron chi connectivity index (χ0n) is 13.6. The predicted octanol–water partition coefficient (Wildman–Crippen LogP) is 3.40. The molecular formula is C17H16N2O6S. The van der Waals surface area contributed by atoms with Crippen molar-refractivity contribution in [3.63, 3.8) is 0 Å². The maximum atomic E-state index is 11.5. The minimum absolute atomic E-state index is 0. The lowest BCUT2D eigenvalue weighted by Crippen LogP contribution is -1.99. The highest BCUT2D eigenvalue weighted by atomic mass is 32.2. The third-order valence-electron chi connectivity index (χ3n) is 3.62. The number of rotatable bonds is 3. The van der Waals surface area contributed by atoms with Gasteiger partial charge in [-0.1, -0.05) is 30.3 Å². The van der Waals surface area contributed by atoms with Crippen molar-refractivity contribution < 1.29 is 28.7 Å². The minimum Gasteiger partial charge on any atom is -0.506 e. The summed E-state index contributed by atoms with van der Waals surface area (Å²) in [6, 6.07) is 12.0. The van der Waals surface area contributed by atoms with Gasteiger partial charge in [-0.05, 0) is 24.6 Å². The molecule has 0 heterocycles. The van der Waals surface area contributed by atoms with Crippen molar-refractivity contribution in [2.75, 3.05) is 0 Å². The van der Waals surface area contributed by atoms with Crippen molar-refractivity contribution in [3.8, 4) is 11.5 Å². The highest BCUT2D eigenvalue weighted by Crippen LogP contribution is 2.40. The molecule has 0 saturated heterocycles. The van der Waals surface area contributed by atoms with E-state index in [1.54, 1.807) is 30.3 Å². The summed E-state index contributed by atoms with van der Waals surface area (Å²) in [5.74, 6) is -0.532. The van der Waals surface area contributed by atoms with E-state index < -0.39 is 20.8 Å². The third kappa shape index (κ3) is 3.64. The quantitative estimate of drug-likeness (QED) is 0.472. The van der Waals surface area contributed by atoms with Crippen molar-refractivity contribution >= 4 is 32.3 Å². The van der Waals surface area contributed by atoms with E-state index in [-0.39, 0.29) is 28.0 Å². The fourth-order valence-electron chi connectivity index (χ4n) is 2.45. The molecule has 8 nitrogen and oxygen atoms in total. The summed E-state index contributed by atoms with van der Waals surface area (Å²) >= 11 is 0. The second kappa shape index (κ2) is 7.08. The van der Waals surface area contributed by atoms with Gasteiger partial charge in [0.1, 0.15) is 27.8 Å². The number of phenolic OH excluding ortho intramolecular Hbond substituents is 2. The molecule has 3 aromatic rings. The number of hydrogen-bond acceptors (Lipinski definition) is 6. The minimum atomic E-state index is -4.52. The molecule has 0 aliphatic rings. The molecule has 3 rings (SSSR count). The summed E-state index contributed by atoms with van der Waals surface area (Å²) in [4.78, 5) is -0.419. The maximum Gasteiger partial charge on any atom is 0.295 e. The summed E-state index contributed by atoms with van der Waals surface area (Å²) in [5, 5.41) is 28.4. The first kappa shape index (κ1) is 19.3.